The first-order chi connectivity index (χ1) is 20.3. The molecule has 1 aliphatic heterocycles. The second-order valence-electron chi connectivity index (χ2n) is 14.3. The molecule has 2 unspecified atom stereocenters. The number of carbonyl (C=O) groups is 6. The van der Waals surface area contributed by atoms with Crippen LogP contribution in [0.15, 0.2) is 0 Å². The van der Waals surface area contributed by atoms with E-state index >= 15 is 0 Å². The average molecular weight is 639 g/mol. The fourth-order valence-electron chi connectivity index (χ4n) is 4.67. The Morgan fingerprint density at radius 3 is 1.98 bits per heavy atom. The van der Waals surface area contributed by atoms with Gasteiger partial charge in [0, 0.05) is 70.2 Å². The molecule has 10 nitrogen and oxygen atoms in total. The van der Waals surface area contributed by atoms with Gasteiger partial charge >= 0.3 is 0 Å². The van der Waals surface area contributed by atoms with Gasteiger partial charge in [-0.1, -0.05) is 48.0 Å². The lowest BCUT2D eigenvalue weighted by atomic mass is 9.86. The Kier molecular flexibility index (Phi) is 16.3. The van der Waals surface area contributed by atoms with Crippen LogP contribution in [0, 0.1) is 10.8 Å². The number of unbranched alkanes of at least 4 members (excludes halogenated alkanes) is 3. The smallest absolute Gasteiger partial charge is 0.245 e. The number of Topliss-reactive ketones (excluding diaryl/α,β-unsaturated/α-hetero) is 2. The molecule has 11 heteroatoms. The Hall–Kier alpha value is -2.27. The van der Waals surface area contributed by atoms with Crippen LogP contribution < -0.4 is 0 Å². The summed E-state index contributed by atoms with van der Waals surface area (Å²) in [5, 5.41) is -0.372. The van der Waals surface area contributed by atoms with Crippen LogP contribution in [0.25, 0.3) is 0 Å². The summed E-state index contributed by atoms with van der Waals surface area (Å²) in [6.07, 6.45) is 4.40. The number of likely N-dealkylation sites (tertiary alicyclic amines) is 1. The minimum absolute atomic E-state index is 0.0201. The van der Waals surface area contributed by atoms with Gasteiger partial charge in [-0.3, -0.25) is 33.7 Å². The van der Waals surface area contributed by atoms with Crippen molar-refractivity contribution in [3.8, 4) is 0 Å². The van der Waals surface area contributed by atoms with Crippen molar-refractivity contribution >= 4 is 47.0 Å². The van der Waals surface area contributed by atoms with Gasteiger partial charge in [0.1, 0.15) is 17.6 Å². The second-order valence-corrected chi connectivity index (χ2v) is 15.7. The van der Waals surface area contributed by atoms with Gasteiger partial charge in [-0.2, -0.15) is 0 Å². The maximum Gasteiger partial charge on any atom is 0.245 e. The zero-order valence-electron chi connectivity index (χ0n) is 29.0. The average Bonchev–Trinajstić information content (AvgIpc) is 3.19. The van der Waals surface area contributed by atoms with E-state index in [1.54, 1.807) is 19.0 Å². The lowest BCUT2D eigenvalue weighted by Crippen LogP contribution is -2.51. The van der Waals surface area contributed by atoms with Crippen LogP contribution in [0.1, 0.15) is 99.3 Å². The van der Waals surface area contributed by atoms with Gasteiger partial charge in [0.15, 0.2) is 0 Å². The van der Waals surface area contributed by atoms with Crippen molar-refractivity contribution in [2.24, 2.45) is 10.8 Å². The highest BCUT2D eigenvalue weighted by Crippen LogP contribution is 2.27. The third-order valence-corrected chi connectivity index (χ3v) is 9.34. The third kappa shape index (κ3) is 13.4. The number of thioether (sulfide) groups is 1. The van der Waals surface area contributed by atoms with Crippen molar-refractivity contribution in [1.29, 1.82) is 0 Å². The van der Waals surface area contributed by atoms with E-state index in [2.05, 4.69) is 0 Å². The van der Waals surface area contributed by atoms with E-state index in [0.717, 1.165) is 12.8 Å². The number of amides is 4. The SMILES string of the molecule is CN(C)CCN(C)C(=O)C(CC(=O)C(C)(C)C)N(C)C(=O)CCCCCSC1CC(=O)N(CCCCC(=O)C(C)(C)C)C1=O. The van der Waals surface area contributed by atoms with Gasteiger partial charge in [0.2, 0.25) is 23.6 Å². The lowest BCUT2D eigenvalue weighted by molar-refractivity contribution is -0.146. The summed E-state index contributed by atoms with van der Waals surface area (Å²) in [6.45, 7) is 12.7. The molecule has 252 valence electrons. The fourth-order valence-corrected chi connectivity index (χ4v) is 5.85. The molecular formula is C33H58N4O6S. The van der Waals surface area contributed by atoms with E-state index < -0.39 is 11.5 Å². The first kappa shape index (κ1) is 39.8. The van der Waals surface area contributed by atoms with Gasteiger partial charge in [-0.25, -0.2) is 0 Å². The summed E-state index contributed by atoms with van der Waals surface area (Å²) < 4.78 is 0. The van der Waals surface area contributed by atoms with Gasteiger partial charge < -0.3 is 14.7 Å². The van der Waals surface area contributed by atoms with Crippen LogP contribution in [0.2, 0.25) is 0 Å². The van der Waals surface area contributed by atoms with Crippen LogP contribution >= 0.6 is 11.8 Å². The molecule has 1 aliphatic rings. The summed E-state index contributed by atoms with van der Waals surface area (Å²) in [4.78, 5) is 82.9. The van der Waals surface area contributed by atoms with E-state index in [-0.39, 0.29) is 65.1 Å². The predicted octanol–water partition coefficient (Wildman–Crippen LogP) is 4.05. The molecular weight excluding hydrogens is 580 g/mol. The zero-order chi connectivity index (χ0) is 33.8. The molecule has 1 rings (SSSR count). The molecule has 1 fully saturated rings. The number of nitrogens with zero attached hydrogens (tertiary/aromatic N) is 4. The Morgan fingerprint density at radius 2 is 1.41 bits per heavy atom. The molecule has 1 heterocycles. The van der Waals surface area contributed by atoms with E-state index in [9.17, 15) is 28.8 Å². The Morgan fingerprint density at radius 1 is 0.818 bits per heavy atom. The van der Waals surface area contributed by atoms with E-state index in [4.69, 9.17) is 0 Å². The molecule has 0 radical (unpaired) electrons. The molecule has 2 atom stereocenters. The number of imide groups is 1. The Bertz CT molecular complexity index is 1020. The minimum atomic E-state index is -0.843. The molecule has 0 aromatic carbocycles. The molecule has 0 aromatic rings. The number of carbonyl (C=O) groups excluding carboxylic acids is 6. The molecule has 1 saturated heterocycles. The topological polar surface area (TPSA) is 115 Å². The van der Waals surface area contributed by atoms with E-state index in [1.165, 1.54) is 21.6 Å². The standard InChI is InChI=1S/C33H58N4O6S/c1-32(2,3)26(38)16-13-14-18-37-29(41)23-25(31(37)43)44-21-15-11-12-17-28(40)36(10)24(22-27(39)33(4,5)6)30(42)35(9)20-19-34(7)8/h24-25H,11-23H2,1-10H3. The summed E-state index contributed by atoms with van der Waals surface area (Å²) in [7, 11) is 7.16. The summed E-state index contributed by atoms with van der Waals surface area (Å²) in [5.74, 6) is 0.127. The minimum Gasteiger partial charge on any atom is -0.343 e. The normalized spacial score (nSPS) is 16.4. The number of hydrogen-bond donors (Lipinski definition) is 0. The summed E-state index contributed by atoms with van der Waals surface area (Å²) >= 11 is 1.49. The molecule has 0 N–H and O–H groups in total. The molecule has 44 heavy (non-hydrogen) atoms. The monoisotopic (exact) mass is 638 g/mol. The van der Waals surface area contributed by atoms with Crippen molar-refractivity contribution in [2.75, 3.05) is 53.6 Å². The number of ketones is 2. The van der Waals surface area contributed by atoms with Gasteiger partial charge in [0.05, 0.1) is 5.25 Å². The van der Waals surface area contributed by atoms with Crippen LogP contribution in [-0.2, 0) is 28.8 Å². The fraction of sp³-hybridized carbons (Fsp3) is 0.818. The molecule has 0 aromatic heterocycles. The predicted molar refractivity (Wildman–Crippen MR) is 176 cm³/mol. The van der Waals surface area contributed by atoms with E-state index in [0.29, 0.717) is 51.1 Å². The van der Waals surface area contributed by atoms with Crippen LogP contribution in [0.5, 0.6) is 0 Å². The van der Waals surface area contributed by atoms with Crippen LogP contribution in [0.3, 0.4) is 0 Å². The number of rotatable bonds is 19. The maximum absolute atomic E-state index is 13.3. The largest absolute Gasteiger partial charge is 0.343 e. The van der Waals surface area contributed by atoms with Crippen LogP contribution in [0.4, 0.5) is 0 Å². The van der Waals surface area contributed by atoms with Crippen LogP contribution in [-0.4, -0.2) is 120 Å². The molecule has 0 spiro atoms. The highest BCUT2D eigenvalue weighted by atomic mass is 32.2. The third-order valence-electron chi connectivity index (χ3n) is 8.05. The highest BCUT2D eigenvalue weighted by molar-refractivity contribution is 8.00. The van der Waals surface area contributed by atoms with Crippen molar-refractivity contribution in [3.05, 3.63) is 0 Å². The molecule has 0 saturated carbocycles. The summed E-state index contributed by atoms with van der Waals surface area (Å²) in [5.41, 5.74) is -0.988. The summed E-state index contributed by atoms with van der Waals surface area (Å²) in [6, 6.07) is -0.843. The van der Waals surface area contributed by atoms with Crippen molar-refractivity contribution in [1.82, 2.24) is 19.6 Å². The molecule has 0 aliphatic carbocycles. The molecule has 0 bridgehead atoms. The van der Waals surface area contributed by atoms with Crippen molar-refractivity contribution in [3.63, 3.8) is 0 Å². The Labute approximate surface area is 270 Å². The van der Waals surface area contributed by atoms with Crippen molar-refractivity contribution in [2.45, 2.75) is 111 Å². The zero-order valence-corrected chi connectivity index (χ0v) is 29.8. The highest BCUT2D eigenvalue weighted by Gasteiger charge is 2.38. The molecule has 4 amide bonds. The van der Waals surface area contributed by atoms with Gasteiger partial charge in [0.25, 0.3) is 0 Å². The number of hydrogen-bond acceptors (Lipinski definition) is 8. The lowest BCUT2D eigenvalue weighted by Gasteiger charge is -2.32. The Balaban J connectivity index is 2.52. The quantitative estimate of drug-likeness (QED) is 0.154. The van der Waals surface area contributed by atoms with Gasteiger partial charge in [-0.15, -0.1) is 11.8 Å². The van der Waals surface area contributed by atoms with E-state index in [1.807, 2.05) is 60.5 Å². The van der Waals surface area contributed by atoms with Crippen molar-refractivity contribution < 1.29 is 28.8 Å². The first-order valence-corrected chi connectivity index (χ1v) is 17.0. The number of likely N-dealkylation sites (N-methyl/N-ethyl adjacent to an activating group) is 3. The maximum atomic E-state index is 13.3. The first-order valence-electron chi connectivity index (χ1n) is 15.9. The second kappa shape index (κ2) is 18.0. The van der Waals surface area contributed by atoms with Gasteiger partial charge in [-0.05, 0) is 45.5 Å².